The lowest BCUT2D eigenvalue weighted by Crippen LogP contribution is -2.36. The van der Waals surface area contributed by atoms with Gasteiger partial charge in [0.2, 0.25) is 0 Å². The third-order valence-electron chi connectivity index (χ3n) is 3.22. The fourth-order valence-electron chi connectivity index (χ4n) is 2.09. The van der Waals surface area contributed by atoms with Crippen molar-refractivity contribution >= 4 is 17.2 Å². The molecule has 4 nitrogen and oxygen atoms in total. The van der Waals surface area contributed by atoms with Gasteiger partial charge in [0.15, 0.2) is 4.80 Å². The number of nitrogens with zero attached hydrogens (tertiary/aromatic N) is 3. The van der Waals surface area contributed by atoms with E-state index in [-0.39, 0.29) is 11.8 Å². The van der Waals surface area contributed by atoms with Crippen LogP contribution in [0.15, 0.2) is 16.6 Å². The van der Waals surface area contributed by atoms with Crippen LogP contribution in [-0.2, 0) is 11.8 Å². The van der Waals surface area contributed by atoms with E-state index in [0.29, 0.717) is 6.54 Å². The highest BCUT2D eigenvalue weighted by Gasteiger charge is 2.24. The van der Waals surface area contributed by atoms with Crippen molar-refractivity contribution < 1.29 is 4.79 Å². The van der Waals surface area contributed by atoms with Crippen molar-refractivity contribution in [2.75, 3.05) is 19.6 Å². The molecule has 0 bridgehead atoms. The van der Waals surface area contributed by atoms with Crippen LogP contribution in [0.5, 0.6) is 0 Å². The number of carbonyl (C=O) groups is 1. The van der Waals surface area contributed by atoms with Gasteiger partial charge in [-0.15, -0.1) is 17.8 Å². The zero-order valence-corrected chi connectivity index (χ0v) is 11.3. The predicted molar refractivity (Wildman–Crippen MR) is 71.9 cm³/mol. The summed E-state index contributed by atoms with van der Waals surface area (Å²) in [5.41, 5.74) is 0. The van der Waals surface area contributed by atoms with Crippen LogP contribution >= 0.6 is 11.3 Å². The van der Waals surface area contributed by atoms with Crippen molar-refractivity contribution in [3.8, 4) is 12.3 Å². The zero-order valence-electron chi connectivity index (χ0n) is 10.5. The fraction of sp³-hybridized carbons (Fsp3) is 0.538. The topological polar surface area (TPSA) is 37.6 Å². The molecule has 0 aliphatic carbocycles. The minimum atomic E-state index is 0.00778. The Kier molecular flexibility index (Phi) is 4.34. The van der Waals surface area contributed by atoms with Gasteiger partial charge in [-0.2, -0.15) is 4.99 Å². The molecule has 1 aliphatic heterocycles. The predicted octanol–water partition coefficient (Wildman–Crippen LogP) is 0.859. The summed E-state index contributed by atoms with van der Waals surface area (Å²) < 4.78 is 1.87. The molecule has 1 aliphatic rings. The highest BCUT2D eigenvalue weighted by Crippen LogP contribution is 2.18. The maximum atomic E-state index is 12.1. The van der Waals surface area contributed by atoms with Gasteiger partial charge in [0.25, 0.3) is 5.91 Å². The summed E-state index contributed by atoms with van der Waals surface area (Å²) in [6.45, 7) is 2.47. The Hall–Kier alpha value is -1.38. The molecule has 1 aromatic rings. The highest BCUT2D eigenvalue weighted by molar-refractivity contribution is 7.07. The molecule has 0 saturated carbocycles. The molecule has 96 valence electrons. The minimum absolute atomic E-state index is 0.00778. The van der Waals surface area contributed by atoms with Crippen LogP contribution in [0.1, 0.15) is 12.8 Å². The minimum Gasteiger partial charge on any atom is -0.327 e. The molecular formula is C13H17N3OS. The van der Waals surface area contributed by atoms with Crippen molar-refractivity contribution in [3.63, 3.8) is 0 Å². The molecule has 0 spiro atoms. The molecule has 5 heteroatoms. The molecule has 0 aromatic carbocycles. The Morgan fingerprint density at radius 1 is 1.61 bits per heavy atom. The maximum absolute atomic E-state index is 12.1. The molecular weight excluding hydrogens is 246 g/mol. The summed E-state index contributed by atoms with van der Waals surface area (Å²) in [5, 5.41) is 1.93. The SMILES string of the molecule is C#CCN1CCC(C(=O)N=c2sccn2C)CC1. The van der Waals surface area contributed by atoms with Crippen molar-refractivity contribution in [2.24, 2.45) is 18.0 Å². The number of piperidine rings is 1. The second kappa shape index (κ2) is 5.98. The van der Waals surface area contributed by atoms with Crippen molar-refractivity contribution in [2.45, 2.75) is 12.8 Å². The average Bonchev–Trinajstić information content (AvgIpc) is 2.76. The molecule has 0 radical (unpaired) electrons. The second-order valence-electron chi connectivity index (χ2n) is 4.50. The van der Waals surface area contributed by atoms with Gasteiger partial charge in [0, 0.05) is 24.5 Å². The first-order chi connectivity index (χ1) is 8.70. The molecule has 2 heterocycles. The first-order valence-corrected chi connectivity index (χ1v) is 6.93. The summed E-state index contributed by atoms with van der Waals surface area (Å²) in [6.07, 6.45) is 8.91. The van der Waals surface area contributed by atoms with Gasteiger partial charge < -0.3 is 4.57 Å². The van der Waals surface area contributed by atoms with Crippen LogP contribution in [0.25, 0.3) is 0 Å². The zero-order chi connectivity index (χ0) is 13.0. The Morgan fingerprint density at radius 3 is 2.89 bits per heavy atom. The van der Waals surface area contributed by atoms with Crippen LogP contribution in [0, 0.1) is 18.3 Å². The Balaban J connectivity index is 1.97. The number of terminal acetylenes is 1. The number of hydrogen-bond acceptors (Lipinski definition) is 3. The van der Waals surface area contributed by atoms with Gasteiger partial charge >= 0.3 is 0 Å². The van der Waals surface area contributed by atoms with Gasteiger partial charge in [-0.25, -0.2) is 0 Å². The first kappa shape index (κ1) is 13.1. The normalized spacial score (nSPS) is 18.8. The molecule has 1 amide bonds. The number of carbonyl (C=O) groups excluding carboxylic acids is 1. The van der Waals surface area contributed by atoms with E-state index < -0.39 is 0 Å². The largest absolute Gasteiger partial charge is 0.327 e. The number of hydrogen-bond donors (Lipinski definition) is 0. The number of likely N-dealkylation sites (tertiary alicyclic amines) is 1. The van der Waals surface area contributed by atoms with Gasteiger partial charge in [-0.3, -0.25) is 9.69 Å². The van der Waals surface area contributed by atoms with E-state index in [1.165, 1.54) is 11.3 Å². The summed E-state index contributed by atoms with van der Waals surface area (Å²) in [5.74, 6) is 2.71. The van der Waals surface area contributed by atoms with Gasteiger partial charge in [-0.1, -0.05) is 5.92 Å². The molecule has 1 saturated heterocycles. The van der Waals surface area contributed by atoms with Crippen LogP contribution < -0.4 is 4.80 Å². The lowest BCUT2D eigenvalue weighted by atomic mass is 9.96. The van der Waals surface area contributed by atoms with Gasteiger partial charge in [0.05, 0.1) is 6.54 Å². The third-order valence-corrected chi connectivity index (χ3v) is 4.07. The molecule has 18 heavy (non-hydrogen) atoms. The van der Waals surface area contributed by atoms with E-state index in [1.807, 2.05) is 23.2 Å². The van der Waals surface area contributed by atoms with Crippen LogP contribution in [-0.4, -0.2) is 35.0 Å². The fourth-order valence-corrected chi connectivity index (χ4v) is 2.82. The van der Waals surface area contributed by atoms with E-state index in [9.17, 15) is 4.79 Å². The Labute approximate surface area is 111 Å². The quantitative estimate of drug-likeness (QED) is 0.742. The lowest BCUT2D eigenvalue weighted by molar-refractivity contribution is -0.123. The molecule has 2 rings (SSSR count). The monoisotopic (exact) mass is 263 g/mol. The molecule has 0 unspecified atom stereocenters. The Bertz CT molecular complexity index is 515. The third kappa shape index (κ3) is 3.09. The van der Waals surface area contributed by atoms with Crippen molar-refractivity contribution in [1.82, 2.24) is 9.47 Å². The summed E-state index contributed by atoms with van der Waals surface area (Å²) in [7, 11) is 1.90. The standard InChI is InChI=1S/C13H17N3OS/c1-3-6-16-7-4-11(5-8-16)12(17)14-13-15(2)9-10-18-13/h1,9-11H,4-8H2,2H3. The van der Waals surface area contributed by atoms with Crippen molar-refractivity contribution in [1.29, 1.82) is 0 Å². The molecule has 1 aromatic heterocycles. The summed E-state index contributed by atoms with van der Waals surface area (Å²) in [6, 6.07) is 0. The smallest absolute Gasteiger partial charge is 0.251 e. The first-order valence-electron chi connectivity index (χ1n) is 6.05. The van der Waals surface area contributed by atoms with Crippen LogP contribution in [0.2, 0.25) is 0 Å². The van der Waals surface area contributed by atoms with E-state index >= 15 is 0 Å². The second-order valence-corrected chi connectivity index (χ2v) is 5.37. The summed E-state index contributed by atoms with van der Waals surface area (Å²) in [4.78, 5) is 19.2. The number of aryl methyl sites for hydroxylation is 1. The molecule has 0 N–H and O–H groups in total. The van der Waals surface area contributed by atoms with E-state index in [0.717, 1.165) is 30.7 Å². The van der Waals surface area contributed by atoms with Gasteiger partial charge in [-0.05, 0) is 25.9 Å². The average molecular weight is 263 g/mol. The number of thiazole rings is 1. The number of aromatic nitrogens is 1. The maximum Gasteiger partial charge on any atom is 0.251 e. The van der Waals surface area contributed by atoms with Crippen molar-refractivity contribution in [3.05, 3.63) is 16.4 Å². The van der Waals surface area contributed by atoms with E-state index in [4.69, 9.17) is 6.42 Å². The van der Waals surface area contributed by atoms with E-state index in [2.05, 4.69) is 15.8 Å². The lowest BCUT2D eigenvalue weighted by Gasteiger charge is -2.28. The van der Waals surface area contributed by atoms with E-state index in [1.54, 1.807) is 0 Å². The highest BCUT2D eigenvalue weighted by atomic mass is 32.1. The van der Waals surface area contributed by atoms with Crippen LogP contribution in [0.4, 0.5) is 0 Å². The molecule has 0 atom stereocenters. The molecule has 1 fully saturated rings. The van der Waals surface area contributed by atoms with Gasteiger partial charge in [0.1, 0.15) is 0 Å². The van der Waals surface area contributed by atoms with Crippen LogP contribution in [0.3, 0.4) is 0 Å². The number of rotatable bonds is 2. The summed E-state index contributed by atoms with van der Waals surface area (Å²) >= 11 is 1.49. The Morgan fingerprint density at radius 2 is 2.33 bits per heavy atom. The number of amides is 1.